The number of halogens is 1. The summed E-state index contributed by atoms with van der Waals surface area (Å²) in [4.78, 5) is 4.24. The van der Waals surface area contributed by atoms with E-state index in [2.05, 4.69) is 10.1 Å². The molecule has 0 spiro atoms. The predicted octanol–water partition coefficient (Wildman–Crippen LogP) is 2.13. The van der Waals surface area contributed by atoms with Gasteiger partial charge in [0, 0.05) is 11.8 Å². The SMILES string of the molecule is O=S(=O)(c1cccc(CCl)c1)n1cnc(C2CC2)n1. The van der Waals surface area contributed by atoms with Gasteiger partial charge in [-0.2, -0.15) is 8.42 Å². The largest absolute Gasteiger partial charge is 0.284 e. The van der Waals surface area contributed by atoms with E-state index in [0.717, 1.165) is 22.5 Å². The minimum absolute atomic E-state index is 0.179. The van der Waals surface area contributed by atoms with Crippen LogP contribution in [0.3, 0.4) is 0 Å². The second kappa shape index (κ2) is 4.61. The average molecular weight is 298 g/mol. The van der Waals surface area contributed by atoms with Crippen LogP contribution in [-0.2, 0) is 15.9 Å². The van der Waals surface area contributed by atoms with Gasteiger partial charge in [-0.15, -0.1) is 20.8 Å². The molecule has 0 bridgehead atoms. The highest BCUT2D eigenvalue weighted by Gasteiger charge is 2.29. The monoisotopic (exact) mass is 297 g/mol. The van der Waals surface area contributed by atoms with Crippen LogP contribution in [-0.4, -0.2) is 22.6 Å². The highest BCUT2D eigenvalue weighted by Crippen LogP contribution is 2.37. The molecule has 1 aliphatic rings. The summed E-state index contributed by atoms with van der Waals surface area (Å²) < 4.78 is 25.7. The van der Waals surface area contributed by atoms with Crippen molar-refractivity contribution in [3.05, 3.63) is 42.0 Å². The van der Waals surface area contributed by atoms with E-state index < -0.39 is 10.0 Å². The molecule has 0 atom stereocenters. The smallest absolute Gasteiger partial charge is 0.218 e. The van der Waals surface area contributed by atoms with Gasteiger partial charge in [0.1, 0.15) is 6.33 Å². The van der Waals surface area contributed by atoms with Gasteiger partial charge in [-0.1, -0.05) is 12.1 Å². The van der Waals surface area contributed by atoms with Gasteiger partial charge in [-0.05, 0) is 30.5 Å². The molecule has 2 aromatic rings. The Morgan fingerprint density at radius 2 is 2.16 bits per heavy atom. The number of hydrogen-bond donors (Lipinski definition) is 0. The maximum atomic E-state index is 12.4. The van der Waals surface area contributed by atoms with E-state index in [1.165, 1.54) is 12.4 Å². The number of nitrogens with zero attached hydrogens (tertiary/aromatic N) is 3. The van der Waals surface area contributed by atoms with E-state index in [-0.39, 0.29) is 10.8 Å². The van der Waals surface area contributed by atoms with Crippen molar-refractivity contribution in [2.75, 3.05) is 0 Å². The lowest BCUT2D eigenvalue weighted by atomic mass is 10.2. The first-order valence-electron chi connectivity index (χ1n) is 5.93. The molecule has 1 heterocycles. The Morgan fingerprint density at radius 3 is 2.84 bits per heavy atom. The molecule has 5 nitrogen and oxygen atoms in total. The molecule has 19 heavy (non-hydrogen) atoms. The Bertz CT molecular complexity index is 707. The second-order valence-corrected chi connectivity index (χ2v) is 6.60. The van der Waals surface area contributed by atoms with E-state index in [0.29, 0.717) is 11.7 Å². The summed E-state index contributed by atoms with van der Waals surface area (Å²) in [6.07, 6.45) is 3.33. The predicted molar refractivity (Wildman–Crippen MR) is 70.6 cm³/mol. The number of rotatable bonds is 4. The normalized spacial score (nSPS) is 15.6. The Morgan fingerprint density at radius 1 is 1.37 bits per heavy atom. The quantitative estimate of drug-likeness (QED) is 0.811. The number of aromatic nitrogens is 3. The molecule has 0 aliphatic heterocycles. The van der Waals surface area contributed by atoms with Crippen LogP contribution < -0.4 is 0 Å². The molecule has 3 rings (SSSR count). The highest BCUT2D eigenvalue weighted by atomic mass is 35.5. The van der Waals surface area contributed by atoms with E-state index in [4.69, 9.17) is 11.6 Å². The Kier molecular flexibility index (Phi) is 3.06. The summed E-state index contributed by atoms with van der Waals surface area (Å²) in [6, 6.07) is 6.54. The zero-order valence-electron chi connectivity index (χ0n) is 10.0. The fourth-order valence-corrected chi connectivity index (χ4v) is 3.10. The fraction of sp³-hybridized carbons (Fsp3) is 0.333. The van der Waals surface area contributed by atoms with Crippen molar-refractivity contribution in [3.8, 4) is 0 Å². The van der Waals surface area contributed by atoms with Gasteiger partial charge < -0.3 is 0 Å². The Balaban J connectivity index is 2.00. The van der Waals surface area contributed by atoms with E-state index >= 15 is 0 Å². The zero-order valence-corrected chi connectivity index (χ0v) is 11.6. The van der Waals surface area contributed by atoms with Crippen LogP contribution in [0.2, 0.25) is 0 Å². The molecular weight excluding hydrogens is 286 g/mol. The van der Waals surface area contributed by atoms with Crippen LogP contribution in [0.4, 0.5) is 0 Å². The van der Waals surface area contributed by atoms with Gasteiger partial charge in [0.15, 0.2) is 5.82 Å². The van der Waals surface area contributed by atoms with Gasteiger partial charge in [0.05, 0.1) is 4.90 Å². The molecule has 0 N–H and O–H groups in total. The van der Waals surface area contributed by atoms with Gasteiger partial charge in [0.25, 0.3) is 10.0 Å². The zero-order chi connectivity index (χ0) is 13.5. The minimum Gasteiger partial charge on any atom is -0.218 e. The summed E-state index contributed by atoms with van der Waals surface area (Å²) in [5.74, 6) is 1.20. The van der Waals surface area contributed by atoms with Crippen molar-refractivity contribution in [1.82, 2.24) is 14.2 Å². The Labute approximate surface area is 116 Å². The maximum absolute atomic E-state index is 12.4. The first-order valence-corrected chi connectivity index (χ1v) is 7.91. The number of benzene rings is 1. The fourth-order valence-electron chi connectivity index (χ4n) is 1.80. The third-order valence-corrected chi connectivity index (χ3v) is 4.86. The van der Waals surface area contributed by atoms with Crippen molar-refractivity contribution in [2.45, 2.75) is 29.5 Å². The first kappa shape index (κ1) is 12.6. The van der Waals surface area contributed by atoms with Crippen molar-refractivity contribution in [1.29, 1.82) is 0 Å². The molecule has 0 amide bonds. The molecule has 0 saturated heterocycles. The lowest BCUT2D eigenvalue weighted by molar-refractivity contribution is 0.579. The van der Waals surface area contributed by atoms with Gasteiger partial charge >= 0.3 is 0 Å². The van der Waals surface area contributed by atoms with Crippen LogP contribution >= 0.6 is 11.6 Å². The van der Waals surface area contributed by atoms with Crippen molar-refractivity contribution >= 4 is 21.6 Å². The van der Waals surface area contributed by atoms with Crippen molar-refractivity contribution in [2.24, 2.45) is 0 Å². The van der Waals surface area contributed by atoms with E-state index in [9.17, 15) is 8.42 Å². The second-order valence-electron chi connectivity index (χ2n) is 4.54. The molecule has 1 aliphatic carbocycles. The summed E-state index contributed by atoms with van der Waals surface area (Å²) in [7, 11) is -3.67. The first-order chi connectivity index (χ1) is 9.11. The molecule has 1 saturated carbocycles. The topological polar surface area (TPSA) is 64.8 Å². The third kappa shape index (κ3) is 2.37. The van der Waals surface area contributed by atoms with E-state index in [1.54, 1.807) is 18.2 Å². The maximum Gasteiger partial charge on any atom is 0.284 e. The van der Waals surface area contributed by atoms with Crippen LogP contribution in [0.25, 0.3) is 0 Å². The molecular formula is C12H12ClN3O2S. The van der Waals surface area contributed by atoms with Crippen LogP contribution in [0.1, 0.15) is 30.1 Å². The van der Waals surface area contributed by atoms with Gasteiger partial charge in [-0.25, -0.2) is 4.98 Å². The van der Waals surface area contributed by atoms with Gasteiger partial charge in [-0.3, -0.25) is 0 Å². The van der Waals surface area contributed by atoms with Crippen molar-refractivity contribution in [3.63, 3.8) is 0 Å². The molecule has 0 radical (unpaired) electrons. The molecule has 100 valence electrons. The molecule has 7 heteroatoms. The molecule has 1 aromatic heterocycles. The standard InChI is InChI=1S/C12H12ClN3O2S/c13-7-9-2-1-3-11(6-9)19(17,18)16-8-14-12(15-16)10-4-5-10/h1-3,6,8,10H,4-5,7H2. The van der Waals surface area contributed by atoms with Gasteiger partial charge in [0.2, 0.25) is 0 Å². The molecule has 1 fully saturated rings. The lowest BCUT2D eigenvalue weighted by Gasteiger charge is -2.04. The summed E-state index contributed by atoms with van der Waals surface area (Å²) in [6.45, 7) is 0. The average Bonchev–Trinajstić information content (AvgIpc) is 3.16. The number of alkyl halides is 1. The summed E-state index contributed by atoms with van der Waals surface area (Å²) in [5.41, 5.74) is 0.755. The summed E-state index contributed by atoms with van der Waals surface area (Å²) >= 11 is 5.72. The minimum atomic E-state index is -3.67. The van der Waals surface area contributed by atoms with E-state index in [1.807, 2.05) is 0 Å². The highest BCUT2D eigenvalue weighted by molar-refractivity contribution is 7.89. The van der Waals surface area contributed by atoms with Crippen LogP contribution in [0.5, 0.6) is 0 Å². The summed E-state index contributed by atoms with van der Waals surface area (Å²) in [5, 5.41) is 4.06. The lowest BCUT2D eigenvalue weighted by Crippen LogP contribution is -2.14. The van der Waals surface area contributed by atoms with Crippen molar-refractivity contribution < 1.29 is 8.42 Å². The molecule has 1 aromatic carbocycles. The Hall–Kier alpha value is -1.40. The van der Waals surface area contributed by atoms with Crippen LogP contribution in [0.15, 0.2) is 35.5 Å². The molecule has 0 unspecified atom stereocenters. The van der Waals surface area contributed by atoms with Crippen LogP contribution in [0, 0.1) is 0 Å². The third-order valence-electron chi connectivity index (χ3n) is 3.03. The number of hydrogen-bond acceptors (Lipinski definition) is 4.